The Labute approximate surface area is 132 Å². The van der Waals surface area contributed by atoms with Crippen molar-refractivity contribution in [3.8, 4) is 0 Å². The molecular weight excluding hydrogens is 272 g/mol. The minimum absolute atomic E-state index is 0.824. The molecule has 0 N–H and O–H groups in total. The molecule has 22 heavy (non-hydrogen) atoms. The zero-order valence-corrected chi connectivity index (χ0v) is 13.5. The van der Waals surface area contributed by atoms with E-state index in [1.165, 1.54) is 24.0 Å². The summed E-state index contributed by atoms with van der Waals surface area (Å²) in [6, 6.07) is 10.7. The number of unbranched alkanes of at least 4 members (excludes halogenated alkanes) is 1. The Morgan fingerprint density at radius 2 is 2.00 bits per heavy atom. The van der Waals surface area contributed by atoms with E-state index in [4.69, 9.17) is 4.98 Å². The van der Waals surface area contributed by atoms with Crippen LogP contribution >= 0.6 is 0 Å². The highest BCUT2D eigenvalue weighted by Gasteiger charge is 2.17. The quantitative estimate of drug-likeness (QED) is 0.847. The summed E-state index contributed by atoms with van der Waals surface area (Å²) in [5.74, 6) is 1.85. The van der Waals surface area contributed by atoms with Gasteiger partial charge in [0.15, 0.2) is 0 Å². The van der Waals surface area contributed by atoms with Gasteiger partial charge in [-0.3, -0.25) is 0 Å². The third kappa shape index (κ3) is 3.21. The molecule has 4 heteroatoms. The van der Waals surface area contributed by atoms with Crippen LogP contribution in [0.2, 0.25) is 0 Å². The molecule has 0 spiro atoms. The fraction of sp³-hybridized carbons (Fsp3) is 0.444. The van der Waals surface area contributed by atoms with Crippen molar-refractivity contribution in [1.82, 2.24) is 9.97 Å². The van der Waals surface area contributed by atoms with Crippen LogP contribution in [0.5, 0.6) is 0 Å². The lowest BCUT2D eigenvalue weighted by Gasteiger charge is -2.30. The van der Waals surface area contributed by atoms with Crippen molar-refractivity contribution in [2.24, 2.45) is 0 Å². The summed E-state index contributed by atoms with van der Waals surface area (Å²) in [7, 11) is 2.07. The first-order valence-corrected chi connectivity index (χ1v) is 8.14. The molecule has 116 valence electrons. The number of aromatic nitrogens is 2. The molecule has 4 nitrogen and oxygen atoms in total. The van der Waals surface area contributed by atoms with Crippen LogP contribution in [-0.4, -0.2) is 30.1 Å². The molecule has 1 aromatic carbocycles. The van der Waals surface area contributed by atoms with Gasteiger partial charge in [0.05, 0.1) is 0 Å². The molecule has 0 unspecified atom stereocenters. The molecule has 3 rings (SSSR count). The number of benzene rings is 1. The Kier molecular flexibility index (Phi) is 4.56. The van der Waals surface area contributed by atoms with Gasteiger partial charge in [-0.25, -0.2) is 4.98 Å². The number of nitrogens with zero attached hydrogens (tertiary/aromatic N) is 4. The zero-order valence-electron chi connectivity index (χ0n) is 13.5. The van der Waals surface area contributed by atoms with Gasteiger partial charge in [-0.2, -0.15) is 4.98 Å². The number of anilines is 2. The van der Waals surface area contributed by atoms with Gasteiger partial charge in [-0.15, -0.1) is 0 Å². The van der Waals surface area contributed by atoms with Crippen LogP contribution in [0.4, 0.5) is 11.8 Å². The number of fused-ring (bicyclic) bond motifs is 1. The molecule has 1 aliphatic rings. The van der Waals surface area contributed by atoms with E-state index < -0.39 is 0 Å². The van der Waals surface area contributed by atoms with Crippen LogP contribution in [0.1, 0.15) is 30.9 Å². The van der Waals surface area contributed by atoms with Gasteiger partial charge in [-0.1, -0.05) is 37.6 Å². The Morgan fingerprint density at radius 1 is 1.18 bits per heavy atom. The molecule has 0 fully saturated rings. The first-order chi connectivity index (χ1) is 10.8. The molecule has 0 amide bonds. The van der Waals surface area contributed by atoms with E-state index in [2.05, 4.69) is 53.0 Å². The third-order valence-electron chi connectivity index (χ3n) is 4.27. The van der Waals surface area contributed by atoms with Crippen LogP contribution in [0.25, 0.3) is 0 Å². The van der Waals surface area contributed by atoms with Crippen LogP contribution in [0.3, 0.4) is 0 Å². The Bertz CT molecular complexity index is 626. The first kappa shape index (κ1) is 14.8. The van der Waals surface area contributed by atoms with Crippen LogP contribution in [0, 0.1) is 0 Å². The fourth-order valence-electron chi connectivity index (χ4n) is 2.89. The summed E-state index contributed by atoms with van der Waals surface area (Å²) in [6.07, 6.45) is 5.32. The van der Waals surface area contributed by atoms with E-state index in [-0.39, 0.29) is 0 Å². The molecular formula is C18H24N4. The molecule has 0 atom stereocenters. The van der Waals surface area contributed by atoms with Crippen molar-refractivity contribution >= 4 is 11.8 Å². The summed E-state index contributed by atoms with van der Waals surface area (Å²) in [5, 5.41) is 0. The second-order valence-corrected chi connectivity index (χ2v) is 5.93. The van der Waals surface area contributed by atoms with Gasteiger partial charge in [0, 0.05) is 32.9 Å². The van der Waals surface area contributed by atoms with Crippen molar-refractivity contribution in [3.63, 3.8) is 0 Å². The molecule has 0 saturated carbocycles. The van der Waals surface area contributed by atoms with E-state index in [0.717, 1.165) is 37.8 Å². The SMILES string of the molecule is CCCCN(C)c1nccc(N2CCc3ccccc3C2)n1. The molecule has 2 aromatic rings. The highest BCUT2D eigenvalue weighted by molar-refractivity contribution is 5.46. The van der Waals surface area contributed by atoms with Gasteiger partial charge in [-0.05, 0) is 30.0 Å². The topological polar surface area (TPSA) is 32.3 Å². The third-order valence-corrected chi connectivity index (χ3v) is 4.27. The van der Waals surface area contributed by atoms with Gasteiger partial charge in [0.2, 0.25) is 5.95 Å². The minimum Gasteiger partial charge on any atom is -0.352 e. The Hall–Kier alpha value is -2.10. The smallest absolute Gasteiger partial charge is 0.226 e. The van der Waals surface area contributed by atoms with Crippen LogP contribution in [0.15, 0.2) is 36.5 Å². The van der Waals surface area contributed by atoms with E-state index in [1.807, 2.05) is 12.3 Å². The average Bonchev–Trinajstić information content (AvgIpc) is 2.59. The number of rotatable bonds is 5. The molecule has 0 bridgehead atoms. The maximum Gasteiger partial charge on any atom is 0.226 e. The average molecular weight is 296 g/mol. The van der Waals surface area contributed by atoms with E-state index in [0.29, 0.717) is 0 Å². The molecule has 2 heterocycles. The lowest BCUT2D eigenvalue weighted by Crippen LogP contribution is -2.31. The molecule has 1 aliphatic heterocycles. The van der Waals surface area contributed by atoms with E-state index in [9.17, 15) is 0 Å². The summed E-state index contributed by atoms with van der Waals surface area (Å²) < 4.78 is 0. The Morgan fingerprint density at radius 3 is 2.82 bits per heavy atom. The number of hydrogen-bond donors (Lipinski definition) is 0. The fourth-order valence-corrected chi connectivity index (χ4v) is 2.89. The van der Waals surface area contributed by atoms with Gasteiger partial charge >= 0.3 is 0 Å². The van der Waals surface area contributed by atoms with Gasteiger partial charge < -0.3 is 9.80 Å². The van der Waals surface area contributed by atoms with E-state index >= 15 is 0 Å². The highest BCUT2D eigenvalue weighted by Crippen LogP contribution is 2.23. The van der Waals surface area contributed by atoms with Crippen molar-refractivity contribution in [1.29, 1.82) is 0 Å². The van der Waals surface area contributed by atoms with Crippen molar-refractivity contribution < 1.29 is 0 Å². The molecule has 0 saturated heterocycles. The second-order valence-electron chi connectivity index (χ2n) is 5.93. The van der Waals surface area contributed by atoms with E-state index in [1.54, 1.807) is 0 Å². The second kappa shape index (κ2) is 6.77. The van der Waals surface area contributed by atoms with Crippen LogP contribution in [-0.2, 0) is 13.0 Å². The maximum absolute atomic E-state index is 4.76. The standard InChI is InChI=1S/C18H24N4/c1-3-4-12-21(2)18-19-11-9-17(20-18)22-13-10-15-7-5-6-8-16(15)14-22/h5-9,11H,3-4,10,12-14H2,1-2H3. The van der Waals surface area contributed by atoms with Gasteiger partial charge in [0.1, 0.15) is 5.82 Å². The lowest BCUT2D eigenvalue weighted by atomic mass is 10.00. The van der Waals surface area contributed by atoms with Crippen LogP contribution < -0.4 is 9.80 Å². The normalized spacial score (nSPS) is 13.8. The first-order valence-electron chi connectivity index (χ1n) is 8.14. The minimum atomic E-state index is 0.824. The van der Waals surface area contributed by atoms with Crippen molar-refractivity contribution in [2.45, 2.75) is 32.7 Å². The molecule has 0 radical (unpaired) electrons. The monoisotopic (exact) mass is 296 g/mol. The number of hydrogen-bond acceptors (Lipinski definition) is 4. The van der Waals surface area contributed by atoms with Gasteiger partial charge in [0.25, 0.3) is 0 Å². The summed E-state index contributed by atoms with van der Waals surface area (Å²) in [6.45, 7) is 5.16. The predicted molar refractivity (Wildman–Crippen MR) is 91.4 cm³/mol. The summed E-state index contributed by atoms with van der Waals surface area (Å²) in [5.41, 5.74) is 2.88. The largest absolute Gasteiger partial charge is 0.352 e. The molecule has 1 aromatic heterocycles. The maximum atomic E-state index is 4.76. The Balaban J connectivity index is 1.76. The summed E-state index contributed by atoms with van der Waals surface area (Å²) in [4.78, 5) is 13.7. The van der Waals surface area contributed by atoms with Crippen molar-refractivity contribution in [2.75, 3.05) is 29.9 Å². The summed E-state index contributed by atoms with van der Waals surface area (Å²) >= 11 is 0. The molecule has 0 aliphatic carbocycles. The highest BCUT2D eigenvalue weighted by atomic mass is 15.3. The zero-order chi connectivity index (χ0) is 15.4. The predicted octanol–water partition coefficient (Wildman–Crippen LogP) is 3.28. The lowest BCUT2D eigenvalue weighted by molar-refractivity contribution is 0.712. The van der Waals surface area contributed by atoms with Crippen molar-refractivity contribution in [3.05, 3.63) is 47.7 Å².